The van der Waals surface area contributed by atoms with Crippen molar-refractivity contribution < 1.29 is 4.42 Å². The monoisotopic (exact) mass is 787 g/mol. The minimum Gasteiger partial charge on any atom is -0.457 e. The van der Waals surface area contributed by atoms with Crippen molar-refractivity contribution in [2.75, 3.05) is 0 Å². The van der Waals surface area contributed by atoms with Crippen molar-refractivity contribution in [2.45, 2.75) is 0 Å². The highest BCUT2D eigenvalue weighted by atomic mass is 16.3. The van der Waals surface area contributed by atoms with Crippen LogP contribution in [0.4, 0.5) is 0 Å². The minimum atomic E-state index is 1.03. The van der Waals surface area contributed by atoms with Crippen LogP contribution in [0.5, 0.6) is 0 Å². The Balaban J connectivity index is 1.56. The van der Waals surface area contributed by atoms with Gasteiger partial charge in [-0.05, 0) is 65.7 Å². The summed E-state index contributed by atoms with van der Waals surface area (Å²) in [5.41, 5.74) is 37.1. The molecule has 0 saturated carbocycles. The van der Waals surface area contributed by atoms with E-state index in [4.69, 9.17) is 4.42 Å². The fourth-order valence-electron chi connectivity index (χ4n) is 12.0. The van der Waals surface area contributed by atoms with Gasteiger partial charge in [0.1, 0.15) is 168 Å². The van der Waals surface area contributed by atoms with Crippen molar-refractivity contribution in [2.24, 2.45) is 0 Å². The summed E-state index contributed by atoms with van der Waals surface area (Å²) in [6.07, 6.45) is 0. The van der Waals surface area contributed by atoms with Gasteiger partial charge in [0, 0.05) is 10.8 Å². The highest BCUT2D eigenvalue weighted by molar-refractivity contribution is 6.74. The van der Waals surface area contributed by atoms with E-state index in [1.807, 2.05) is 0 Å². The molecule has 0 N–H and O–H groups in total. The van der Waals surface area contributed by atoms with Crippen LogP contribution in [0.3, 0.4) is 0 Å². The molecule has 0 radical (unpaired) electrons. The Bertz CT molecular complexity index is 3520. The Morgan fingerprint density at radius 1 is 0.222 bits per heavy atom. The summed E-state index contributed by atoms with van der Waals surface area (Å²) in [5, 5.41) is 10.7. The molecule has 8 aromatic carbocycles. The number of rotatable bonds is 3. The molecule has 0 aliphatic rings. The average Bonchev–Trinajstić information content (AvgIpc) is 3.69. The third-order valence-electron chi connectivity index (χ3n) is 17.4. The Kier molecular flexibility index (Phi) is 10.5. The number of benzene rings is 8. The highest BCUT2D eigenvalue weighted by Crippen LogP contribution is 2.44. The van der Waals surface area contributed by atoms with Crippen LogP contribution < -0.4 is 109 Å². The first-order valence-electron chi connectivity index (χ1n) is 23.1. The van der Waals surface area contributed by atoms with Crippen LogP contribution in [-0.2, 0) is 0 Å². The molecule has 0 aliphatic carbocycles. The normalized spacial score (nSPS) is 11.8. The van der Waals surface area contributed by atoms with Gasteiger partial charge in [0.15, 0.2) is 0 Å². The van der Waals surface area contributed by atoms with E-state index in [2.05, 4.69) is 193 Å². The lowest BCUT2D eigenvalue weighted by molar-refractivity contribution is 0.675. The Morgan fingerprint density at radius 3 is 0.937 bits per heavy atom. The van der Waals surface area contributed by atoms with Gasteiger partial charge in [0.25, 0.3) is 0 Å². The summed E-state index contributed by atoms with van der Waals surface area (Å²) in [6.45, 7) is 0. The van der Waals surface area contributed by atoms with Crippen molar-refractivity contribution in [3.05, 3.63) is 36.4 Å². The molecule has 0 fully saturated rings. The van der Waals surface area contributed by atoms with Gasteiger partial charge in [-0.25, -0.2) is 0 Å². The number of hydrogen-bond acceptors (Lipinski definition) is 1. The summed E-state index contributed by atoms with van der Waals surface area (Å²) < 4.78 is 7.01. The maximum Gasteiger partial charge on any atom is 0.143 e. The lowest BCUT2D eigenvalue weighted by atomic mass is 9.58. The molecule has 63 heavy (non-hydrogen) atoms. The summed E-state index contributed by atoms with van der Waals surface area (Å²) in [7, 11) is 46.5. The number of fused-ring (bicyclic) bond motifs is 6. The van der Waals surface area contributed by atoms with Gasteiger partial charge in [-0.1, -0.05) is 102 Å². The van der Waals surface area contributed by atoms with Crippen molar-refractivity contribution in [3.63, 3.8) is 0 Å². The zero-order valence-corrected chi connectivity index (χ0v) is 41.9. The summed E-state index contributed by atoms with van der Waals surface area (Å²) >= 11 is 0. The van der Waals surface area contributed by atoms with Crippen molar-refractivity contribution in [1.29, 1.82) is 0 Å². The highest BCUT2D eigenvalue weighted by Gasteiger charge is 2.30. The standard InChI is InChI=1S/C42H46B20O/c43-21-18(28(50)39(61)41-19(21)20-29(51)36(58)38(60)40(62)42(20)63-41)13-16-14(24(46)32(54)34(56)26(16)48)11(15-17(13)27(49)35(57)33(55)25(15)47)9-5-6-10(8-4-2-1-3-7(8)9)12-22(44)30(52)37(59)31(53)23(12)45/h1-6H,43-62H2. The molecule has 0 unspecified atom stereocenters. The molecule has 0 atom stereocenters. The molecule has 0 spiro atoms. The van der Waals surface area contributed by atoms with Gasteiger partial charge in [-0.3, -0.25) is 0 Å². The lowest BCUT2D eigenvalue weighted by Gasteiger charge is -2.30. The molecule has 0 amide bonds. The SMILES string of the molecule is Bc1c(B)c(B)c(-c2ccc(-c3c4c(B)c(B)c(B)c(B)c4c(-c4c(B)c(B)c5oc6c(B)c(B)c(B)c(B)c6c5c4B)c4c(B)c(B)c(B)c(B)c34)c3ccccc23)c(B)c1B. The van der Waals surface area contributed by atoms with E-state index in [0.29, 0.717) is 0 Å². The first-order valence-corrected chi connectivity index (χ1v) is 23.1. The molecule has 0 bridgehead atoms. The van der Waals surface area contributed by atoms with E-state index >= 15 is 0 Å². The molecule has 0 aliphatic heterocycles. The first kappa shape index (κ1) is 43.9. The smallest absolute Gasteiger partial charge is 0.143 e. The third-order valence-corrected chi connectivity index (χ3v) is 17.4. The zero-order chi connectivity index (χ0) is 45.7. The third kappa shape index (κ3) is 5.78. The predicted molar refractivity (Wildman–Crippen MR) is 346 cm³/mol. The number of hydrogen-bond donors (Lipinski definition) is 0. The second-order valence-corrected chi connectivity index (χ2v) is 19.7. The van der Waals surface area contributed by atoms with Crippen LogP contribution in [0.25, 0.3) is 87.6 Å². The second-order valence-electron chi connectivity index (χ2n) is 19.7. The van der Waals surface area contributed by atoms with Crippen LogP contribution in [0.15, 0.2) is 40.8 Å². The quantitative estimate of drug-likeness (QED) is 0.129. The topological polar surface area (TPSA) is 13.1 Å². The fourth-order valence-corrected chi connectivity index (χ4v) is 12.0. The van der Waals surface area contributed by atoms with E-state index < -0.39 is 0 Å². The molecular weight excluding hydrogens is 737 g/mol. The maximum absolute atomic E-state index is 7.01. The largest absolute Gasteiger partial charge is 0.457 e. The van der Waals surface area contributed by atoms with Crippen molar-refractivity contribution >= 4 is 320 Å². The molecule has 1 nitrogen and oxygen atoms in total. The molecule has 1 heterocycles. The van der Waals surface area contributed by atoms with Crippen molar-refractivity contribution in [3.8, 4) is 33.4 Å². The van der Waals surface area contributed by atoms with Gasteiger partial charge in [-0.2, -0.15) is 0 Å². The van der Waals surface area contributed by atoms with E-state index in [9.17, 15) is 0 Å². The molecule has 9 rings (SSSR count). The Hall–Kier alpha value is -4.36. The maximum atomic E-state index is 7.01. The molecule has 280 valence electrons. The van der Waals surface area contributed by atoms with Gasteiger partial charge in [0.2, 0.25) is 0 Å². The molecule has 1 aromatic heterocycles. The van der Waals surface area contributed by atoms with Crippen LogP contribution in [0.2, 0.25) is 0 Å². The summed E-state index contributed by atoms with van der Waals surface area (Å²) in [6, 6.07) is 14.1. The van der Waals surface area contributed by atoms with Crippen LogP contribution >= 0.6 is 0 Å². The summed E-state index contributed by atoms with van der Waals surface area (Å²) in [4.78, 5) is 0. The van der Waals surface area contributed by atoms with E-state index in [1.165, 1.54) is 186 Å². The van der Waals surface area contributed by atoms with Gasteiger partial charge >= 0.3 is 0 Å². The van der Waals surface area contributed by atoms with Gasteiger partial charge in [0.05, 0.1) is 0 Å². The Labute approximate surface area is 392 Å². The van der Waals surface area contributed by atoms with Gasteiger partial charge < -0.3 is 4.42 Å². The minimum absolute atomic E-state index is 1.03. The lowest BCUT2D eigenvalue weighted by Crippen LogP contribution is -2.55. The first-order chi connectivity index (χ1) is 29.7. The number of furan rings is 1. The van der Waals surface area contributed by atoms with Crippen LogP contribution in [0, 0.1) is 0 Å². The predicted octanol–water partition coefficient (Wildman–Crippen LogP) is -22.8. The zero-order valence-electron chi connectivity index (χ0n) is 41.9. The molecule has 0 saturated heterocycles. The molecule has 9 aromatic rings. The van der Waals surface area contributed by atoms with Crippen LogP contribution in [-0.4, -0.2) is 157 Å². The van der Waals surface area contributed by atoms with Crippen LogP contribution in [0.1, 0.15) is 0 Å². The van der Waals surface area contributed by atoms with E-state index in [1.54, 1.807) is 0 Å². The molecule has 21 heteroatoms. The van der Waals surface area contributed by atoms with Crippen molar-refractivity contribution in [1.82, 2.24) is 0 Å². The van der Waals surface area contributed by atoms with E-state index in [0.717, 1.165) is 11.2 Å². The second kappa shape index (κ2) is 15.1. The summed E-state index contributed by atoms with van der Waals surface area (Å²) in [5.74, 6) is 0. The fraction of sp³-hybridized carbons (Fsp3) is 0. The van der Waals surface area contributed by atoms with E-state index in [-0.39, 0.29) is 0 Å². The average molecular weight is 783 g/mol. The molecular formula is C42H46B20O. The Morgan fingerprint density at radius 2 is 0.508 bits per heavy atom. The van der Waals surface area contributed by atoms with Gasteiger partial charge in [-0.15, -0.1) is 43.7 Å².